The fourth-order valence-corrected chi connectivity index (χ4v) is 3.32. The minimum Gasteiger partial charge on any atom is -0.371 e. The zero-order valence-electron chi connectivity index (χ0n) is 14.5. The largest absolute Gasteiger partial charge is 0.371 e. The summed E-state index contributed by atoms with van der Waals surface area (Å²) in [5.74, 6) is 4.79. The Bertz CT molecular complexity index is 1140. The molecule has 3 aromatic rings. The van der Waals surface area contributed by atoms with Crippen LogP contribution >= 0.6 is 0 Å². The first kappa shape index (κ1) is 17.0. The monoisotopic (exact) mass is 359 g/mol. The fourth-order valence-electron chi connectivity index (χ4n) is 3.32. The van der Waals surface area contributed by atoms with Gasteiger partial charge in [-0.2, -0.15) is 5.10 Å². The van der Waals surface area contributed by atoms with E-state index in [9.17, 15) is 14.7 Å². The van der Waals surface area contributed by atoms with Gasteiger partial charge in [0.15, 0.2) is 17.1 Å². The summed E-state index contributed by atoms with van der Waals surface area (Å²) in [5.41, 5.74) is 6.20. The van der Waals surface area contributed by atoms with Crippen LogP contribution in [-0.4, -0.2) is 32.2 Å². The number of hydrogen-bond donors (Lipinski definition) is 2. The molecule has 1 aliphatic carbocycles. The molecule has 1 aromatic heterocycles. The third kappa shape index (κ3) is 2.98. The van der Waals surface area contributed by atoms with E-state index in [0.29, 0.717) is 35.9 Å². The molecule has 1 amide bonds. The molecule has 2 aromatic carbocycles. The number of nitrogens with two attached hydrogens (primary N) is 1. The second-order valence-corrected chi connectivity index (χ2v) is 6.58. The predicted molar refractivity (Wildman–Crippen MR) is 100 cm³/mol. The van der Waals surface area contributed by atoms with E-state index in [4.69, 9.17) is 5.73 Å². The Balaban J connectivity index is 1.77. The molecule has 0 radical (unpaired) electrons. The number of carbonyl (C=O) groups is 2. The van der Waals surface area contributed by atoms with Gasteiger partial charge in [0.05, 0.1) is 11.2 Å². The van der Waals surface area contributed by atoms with Crippen molar-refractivity contribution >= 4 is 22.6 Å². The molecule has 0 aliphatic heterocycles. The average molecular weight is 359 g/mol. The van der Waals surface area contributed by atoms with Crippen LogP contribution in [0.25, 0.3) is 16.6 Å². The maximum Gasteiger partial charge on any atom is 0.269 e. The molecule has 27 heavy (non-hydrogen) atoms. The first-order valence-electron chi connectivity index (χ1n) is 8.65. The number of para-hydroxylation sites is 1. The Hall–Kier alpha value is -3.43. The van der Waals surface area contributed by atoms with E-state index in [1.807, 2.05) is 24.3 Å². The molecular weight excluding hydrogens is 342 g/mol. The van der Waals surface area contributed by atoms with Gasteiger partial charge >= 0.3 is 0 Å². The molecular formula is C21H17N3O3. The number of primary amides is 1. The average Bonchev–Trinajstić information content (AvgIpc) is 3.22. The standard InChI is InChI=1S/C21H17N3O3/c22-20(26)19-16-7-1-2-8-17(16)24(23-19)15-6-3-5-14(13-15)10-12-21(27)11-4-9-18(21)25/h1-3,5-8,13,27H,4,9,11H2,(H2,22,26)/t21-/m0/s1. The van der Waals surface area contributed by atoms with Gasteiger partial charge in [0, 0.05) is 17.4 Å². The molecule has 3 N–H and O–H groups in total. The lowest BCUT2D eigenvalue weighted by Crippen LogP contribution is -2.31. The smallest absolute Gasteiger partial charge is 0.269 e. The summed E-state index contributed by atoms with van der Waals surface area (Å²) in [5, 5.41) is 15.3. The maximum absolute atomic E-state index is 11.8. The lowest BCUT2D eigenvalue weighted by molar-refractivity contribution is -0.128. The Morgan fingerprint density at radius 1 is 1.22 bits per heavy atom. The SMILES string of the molecule is NC(=O)c1nn(-c2cccc(C#C[C@@]3(O)CCCC3=O)c2)c2ccccc12. The van der Waals surface area contributed by atoms with Gasteiger partial charge in [-0.1, -0.05) is 36.1 Å². The van der Waals surface area contributed by atoms with Gasteiger partial charge in [-0.25, -0.2) is 4.68 Å². The first-order chi connectivity index (χ1) is 13.0. The van der Waals surface area contributed by atoms with Crippen molar-refractivity contribution in [3.05, 3.63) is 59.8 Å². The summed E-state index contributed by atoms with van der Waals surface area (Å²) < 4.78 is 1.63. The summed E-state index contributed by atoms with van der Waals surface area (Å²) in [6, 6.07) is 14.6. The van der Waals surface area contributed by atoms with Crippen LogP contribution in [0.4, 0.5) is 0 Å². The molecule has 6 heteroatoms. The van der Waals surface area contributed by atoms with Crippen molar-refractivity contribution in [1.29, 1.82) is 0 Å². The molecule has 1 aliphatic rings. The van der Waals surface area contributed by atoms with Crippen molar-refractivity contribution in [3.63, 3.8) is 0 Å². The van der Waals surface area contributed by atoms with E-state index in [1.165, 1.54) is 0 Å². The Morgan fingerprint density at radius 2 is 2.04 bits per heavy atom. The van der Waals surface area contributed by atoms with Gasteiger partial charge in [-0.3, -0.25) is 9.59 Å². The normalized spacial score (nSPS) is 19.1. The van der Waals surface area contributed by atoms with E-state index in [-0.39, 0.29) is 11.5 Å². The topological polar surface area (TPSA) is 98.2 Å². The zero-order chi connectivity index (χ0) is 19.0. The van der Waals surface area contributed by atoms with Crippen LogP contribution in [0.2, 0.25) is 0 Å². The van der Waals surface area contributed by atoms with E-state index < -0.39 is 11.5 Å². The number of Topliss-reactive ketones (excluding diaryl/α,β-unsaturated/α-hetero) is 1. The number of nitrogens with zero attached hydrogens (tertiary/aromatic N) is 2. The van der Waals surface area contributed by atoms with Crippen LogP contribution in [0.1, 0.15) is 35.3 Å². The third-order valence-corrected chi connectivity index (χ3v) is 4.73. The van der Waals surface area contributed by atoms with Gasteiger partial charge in [-0.15, -0.1) is 0 Å². The van der Waals surface area contributed by atoms with E-state index >= 15 is 0 Å². The number of carbonyl (C=O) groups excluding carboxylic acids is 2. The van der Waals surface area contributed by atoms with Gasteiger partial charge in [0.25, 0.3) is 5.91 Å². The summed E-state index contributed by atoms with van der Waals surface area (Å²) in [6.07, 6.45) is 1.38. The summed E-state index contributed by atoms with van der Waals surface area (Å²) in [6.45, 7) is 0. The molecule has 6 nitrogen and oxygen atoms in total. The van der Waals surface area contributed by atoms with Crippen LogP contribution in [-0.2, 0) is 4.79 Å². The van der Waals surface area contributed by atoms with Gasteiger partial charge in [-0.05, 0) is 37.1 Å². The Labute approximate surface area is 155 Å². The summed E-state index contributed by atoms with van der Waals surface area (Å²) >= 11 is 0. The molecule has 1 atom stereocenters. The van der Waals surface area contributed by atoms with Gasteiger partial charge in [0.1, 0.15) is 0 Å². The zero-order valence-corrected chi connectivity index (χ0v) is 14.5. The van der Waals surface area contributed by atoms with Crippen LogP contribution in [0.15, 0.2) is 48.5 Å². The van der Waals surface area contributed by atoms with E-state index in [1.54, 1.807) is 28.9 Å². The van der Waals surface area contributed by atoms with Crippen LogP contribution < -0.4 is 5.73 Å². The Kier molecular flexibility index (Phi) is 4.02. The molecule has 0 unspecified atom stereocenters. The van der Waals surface area contributed by atoms with Crippen LogP contribution in [0.5, 0.6) is 0 Å². The molecule has 1 saturated carbocycles. The highest BCUT2D eigenvalue weighted by Crippen LogP contribution is 2.26. The Morgan fingerprint density at radius 3 is 2.78 bits per heavy atom. The van der Waals surface area contributed by atoms with Crippen LogP contribution in [0.3, 0.4) is 0 Å². The number of rotatable bonds is 2. The van der Waals surface area contributed by atoms with Crippen molar-refractivity contribution < 1.29 is 14.7 Å². The summed E-state index contributed by atoms with van der Waals surface area (Å²) in [7, 11) is 0. The molecule has 1 fully saturated rings. The number of benzene rings is 2. The molecule has 4 rings (SSSR count). The first-order valence-corrected chi connectivity index (χ1v) is 8.65. The van der Waals surface area contributed by atoms with E-state index in [2.05, 4.69) is 16.9 Å². The number of ketones is 1. The minimum atomic E-state index is -1.55. The maximum atomic E-state index is 11.8. The predicted octanol–water partition coefficient (Wildman–Crippen LogP) is 1.96. The highest BCUT2D eigenvalue weighted by molar-refractivity contribution is 6.04. The molecule has 0 saturated heterocycles. The van der Waals surface area contributed by atoms with Gasteiger partial charge in [0.2, 0.25) is 0 Å². The minimum absolute atomic E-state index is 0.202. The molecule has 0 bridgehead atoms. The van der Waals surface area contributed by atoms with Crippen molar-refractivity contribution in [1.82, 2.24) is 9.78 Å². The quantitative estimate of drug-likeness (QED) is 0.684. The van der Waals surface area contributed by atoms with Crippen molar-refractivity contribution in [2.24, 2.45) is 5.73 Å². The van der Waals surface area contributed by atoms with E-state index in [0.717, 1.165) is 5.52 Å². The summed E-state index contributed by atoms with van der Waals surface area (Å²) in [4.78, 5) is 23.5. The fraction of sp³-hybridized carbons (Fsp3) is 0.190. The molecule has 1 heterocycles. The third-order valence-electron chi connectivity index (χ3n) is 4.73. The van der Waals surface area contributed by atoms with Crippen molar-refractivity contribution in [2.45, 2.75) is 24.9 Å². The van der Waals surface area contributed by atoms with Crippen LogP contribution in [0, 0.1) is 11.8 Å². The lowest BCUT2D eigenvalue weighted by atomic mass is 10.0. The number of hydrogen-bond acceptors (Lipinski definition) is 4. The highest BCUT2D eigenvalue weighted by atomic mass is 16.3. The second kappa shape index (κ2) is 6.38. The van der Waals surface area contributed by atoms with Crippen molar-refractivity contribution in [3.8, 4) is 17.5 Å². The molecule has 0 spiro atoms. The highest BCUT2D eigenvalue weighted by Gasteiger charge is 2.38. The number of aromatic nitrogens is 2. The lowest BCUT2D eigenvalue weighted by Gasteiger charge is -2.11. The number of aliphatic hydroxyl groups is 1. The second-order valence-electron chi connectivity index (χ2n) is 6.58. The number of fused-ring (bicyclic) bond motifs is 1. The van der Waals surface area contributed by atoms with Gasteiger partial charge < -0.3 is 10.8 Å². The van der Waals surface area contributed by atoms with Crippen molar-refractivity contribution in [2.75, 3.05) is 0 Å². The molecule has 134 valence electrons. The number of amides is 1.